The van der Waals surface area contributed by atoms with E-state index in [-0.39, 0.29) is 16.0 Å². The largest absolute Gasteiger partial charge is 0.493 e. The highest BCUT2D eigenvalue weighted by Gasteiger charge is 2.27. The van der Waals surface area contributed by atoms with Crippen molar-refractivity contribution in [2.75, 3.05) is 6.61 Å². The molecule has 0 saturated carbocycles. The van der Waals surface area contributed by atoms with Gasteiger partial charge in [-0.05, 0) is 12.5 Å². The first-order chi connectivity index (χ1) is 6.98. The van der Waals surface area contributed by atoms with Crippen LogP contribution in [0.2, 0.25) is 0 Å². The van der Waals surface area contributed by atoms with Crippen LogP contribution in [0, 0.1) is 15.5 Å². The fourth-order valence-corrected chi connectivity index (χ4v) is 1.80. The van der Waals surface area contributed by atoms with Crippen LogP contribution in [0.4, 0.5) is 5.69 Å². The van der Waals surface area contributed by atoms with Crippen molar-refractivity contribution in [2.24, 2.45) is 5.41 Å². The van der Waals surface area contributed by atoms with Crippen LogP contribution < -0.4 is 4.74 Å². The molecule has 1 aromatic rings. The van der Waals surface area contributed by atoms with Crippen LogP contribution in [0.3, 0.4) is 0 Å². The van der Waals surface area contributed by atoms with Gasteiger partial charge >= 0.3 is 0 Å². The first-order valence-corrected chi connectivity index (χ1v) is 4.88. The zero-order chi connectivity index (χ0) is 11.1. The Hall–Kier alpha value is -1.58. The lowest BCUT2D eigenvalue weighted by atomic mass is 9.84. The summed E-state index contributed by atoms with van der Waals surface area (Å²) in [4.78, 5) is 10.2. The summed E-state index contributed by atoms with van der Waals surface area (Å²) < 4.78 is 5.55. The average Bonchev–Trinajstić information content (AvgIpc) is 2.15. The van der Waals surface area contributed by atoms with E-state index in [1.54, 1.807) is 12.1 Å². The van der Waals surface area contributed by atoms with Gasteiger partial charge in [0, 0.05) is 23.1 Å². The lowest BCUT2D eigenvalue weighted by molar-refractivity contribution is -0.385. The second-order valence-electron chi connectivity index (χ2n) is 4.68. The Kier molecular flexibility index (Phi) is 2.14. The molecule has 1 aliphatic rings. The Morgan fingerprint density at radius 3 is 2.87 bits per heavy atom. The topological polar surface area (TPSA) is 52.4 Å². The second kappa shape index (κ2) is 3.22. The second-order valence-corrected chi connectivity index (χ2v) is 4.68. The zero-order valence-electron chi connectivity index (χ0n) is 8.82. The SMILES string of the molecule is CC1(C)COc2ccc([N+](=O)[O-])cc2C1. The van der Waals surface area contributed by atoms with Gasteiger partial charge in [0.2, 0.25) is 0 Å². The molecule has 0 spiro atoms. The molecule has 4 nitrogen and oxygen atoms in total. The summed E-state index contributed by atoms with van der Waals surface area (Å²) in [5.74, 6) is 0.778. The number of hydrogen-bond donors (Lipinski definition) is 0. The van der Waals surface area contributed by atoms with E-state index in [2.05, 4.69) is 13.8 Å². The van der Waals surface area contributed by atoms with Crippen LogP contribution in [-0.2, 0) is 6.42 Å². The van der Waals surface area contributed by atoms with E-state index >= 15 is 0 Å². The summed E-state index contributed by atoms with van der Waals surface area (Å²) in [5, 5.41) is 10.6. The molecule has 1 heterocycles. The molecule has 1 aromatic carbocycles. The van der Waals surface area contributed by atoms with E-state index in [9.17, 15) is 10.1 Å². The van der Waals surface area contributed by atoms with Gasteiger partial charge in [0.25, 0.3) is 5.69 Å². The predicted molar refractivity (Wildman–Crippen MR) is 56.1 cm³/mol. The molecule has 0 saturated heterocycles. The van der Waals surface area contributed by atoms with Gasteiger partial charge in [0.1, 0.15) is 5.75 Å². The fraction of sp³-hybridized carbons (Fsp3) is 0.455. The van der Waals surface area contributed by atoms with Crippen LogP contribution in [0.5, 0.6) is 5.75 Å². The molecule has 0 amide bonds. The normalized spacial score (nSPS) is 17.7. The summed E-state index contributed by atoms with van der Waals surface area (Å²) in [6.45, 7) is 4.85. The van der Waals surface area contributed by atoms with Crippen molar-refractivity contribution < 1.29 is 9.66 Å². The van der Waals surface area contributed by atoms with Crippen molar-refractivity contribution in [2.45, 2.75) is 20.3 Å². The Bertz CT molecular complexity index is 412. The first-order valence-electron chi connectivity index (χ1n) is 4.88. The number of nitro groups is 1. The summed E-state index contributed by atoms with van der Waals surface area (Å²) in [6.07, 6.45) is 0.823. The van der Waals surface area contributed by atoms with Crippen molar-refractivity contribution >= 4 is 5.69 Å². The molecule has 0 unspecified atom stereocenters. The van der Waals surface area contributed by atoms with Crippen molar-refractivity contribution in [3.8, 4) is 5.75 Å². The predicted octanol–water partition coefficient (Wildman–Crippen LogP) is 2.56. The maximum Gasteiger partial charge on any atom is 0.269 e. The van der Waals surface area contributed by atoms with Gasteiger partial charge in [0.05, 0.1) is 11.5 Å². The molecule has 0 aromatic heterocycles. The number of nitro benzene ring substituents is 1. The molecule has 80 valence electrons. The molecule has 0 atom stereocenters. The van der Waals surface area contributed by atoms with Crippen molar-refractivity contribution in [3.63, 3.8) is 0 Å². The van der Waals surface area contributed by atoms with E-state index in [1.807, 2.05) is 0 Å². The Labute approximate surface area is 88.0 Å². The van der Waals surface area contributed by atoms with E-state index in [0.717, 1.165) is 17.7 Å². The monoisotopic (exact) mass is 207 g/mol. The number of hydrogen-bond acceptors (Lipinski definition) is 3. The van der Waals surface area contributed by atoms with E-state index < -0.39 is 0 Å². The third-order valence-corrected chi connectivity index (χ3v) is 2.54. The maximum absolute atomic E-state index is 10.6. The number of ether oxygens (including phenoxy) is 1. The molecule has 2 rings (SSSR count). The van der Waals surface area contributed by atoms with Crippen molar-refractivity contribution in [1.82, 2.24) is 0 Å². The lowest BCUT2D eigenvalue weighted by Crippen LogP contribution is -2.28. The van der Waals surface area contributed by atoms with Crippen LogP contribution in [0.15, 0.2) is 18.2 Å². The Morgan fingerprint density at radius 1 is 1.47 bits per heavy atom. The number of fused-ring (bicyclic) bond motifs is 1. The van der Waals surface area contributed by atoms with Crippen LogP contribution in [0.1, 0.15) is 19.4 Å². The highest BCUT2D eigenvalue weighted by molar-refractivity contribution is 5.45. The van der Waals surface area contributed by atoms with Gasteiger partial charge in [0.15, 0.2) is 0 Å². The molecule has 0 bridgehead atoms. The Balaban J connectivity index is 2.39. The number of benzene rings is 1. The fourth-order valence-electron chi connectivity index (χ4n) is 1.80. The molecule has 0 radical (unpaired) electrons. The summed E-state index contributed by atoms with van der Waals surface area (Å²) in [5.41, 5.74) is 1.12. The molecule has 0 N–H and O–H groups in total. The minimum Gasteiger partial charge on any atom is -0.493 e. The highest BCUT2D eigenvalue weighted by atomic mass is 16.6. The standard InChI is InChI=1S/C11H13NO3/c1-11(2)6-8-5-9(12(13)14)3-4-10(8)15-7-11/h3-5H,6-7H2,1-2H3. The minimum absolute atomic E-state index is 0.0578. The Morgan fingerprint density at radius 2 is 2.20 bits per heavy atom. The van der Waals surface area contributed by atoms with Gasteiger partial charge in [-0.1, -0.05) is 13.8 Å². The van der Waals surface area contributed by atoms with Crippen LogP contribution >= 0.6 is 0 Å². The minimum atomic E-state index is -0.373. The summed E-state index contributed by atoms with van der Waals surface area (Å²) >= 11 is 0. The van der Waals surface area contributed by atoms with Gasteiger partial charge < -0.3 is 4.74 Å². The number of rotatable bonds is 1. The van der Waals surface area contributed by atoms with E-state index in [0.29, 0.717) is 6.61 Å². The molecule has 0 fully saturated rings. The van der Waals surface area contributed by atoms with Crippen LogP contribution in [0.25, 0.3) is 0 Å². The molecule has 0 aliphatic carbocycles. The third kappa shape index (κ3) is 1.93. The van der Waals surface area contributed by atoms with Crippen molar-refractivity contribution in [3.05, 3.63) is 33.9 Å². The maximum atomic E-state index is 10.6. The van der Waals surface area contributed by atoms with Gasteiger partial charge in [-0.15, -0.1) is 0 Å². The molecule has 1 aliphatic heterocycles. The summed E-state index contributed by atoms with van der Waals surface area (Å²) in [7, 11) is 0. The van der Waals surface area contributed by atoms with E-state index in [1.165, 1.54) is 6.07 Å². The van der Waals surface area contributed by atoms with Crippen LogP contribution in [-0.4, -0.2) is 11.5 Å². The van der Waals surface area contributed by atoms with Gasteiger partial charge in [-0.2, -0.15) is 0 Å². The molecule has 4 heteroatoms. The molecular weight excluding hydrogens is 194 g/mol. The smallest absolute Gasteiger partial charge is 0.269 e. The average molecular weight is 207 g/mol. The highest BCUT2D eigenvalue weighted by Crippen LogP contribution is 2.35. The molecular formula is C11H13NO3. The summed E-state index contributed by atoms with van der Waals surface area (Å²) in [6, 6.07) is 4.77. The van der Waals surface area contributed by atoms with Crippen molar-refractivity contribution in [1.29, 1.82) is 0 Å². The zero-order valence-corrected chi connectivity index (χ0v) is 8.82. The third-order valence-electron chi connectivity index (χ3n) is 2.54. The first kappa shape index (κ1) is 9.96. The van der Waals surface area contributed by atoms with Gasteiger partial charge in [-0.25, -0.2) is 0 Å². The quantitative estimate of drug-likeness (QED) is 0.525. The van der Waals surface area contributed by atoms with E-state index in [4.69, 9.17) is 4.74 Å². The number of non-ortho nitro benzene ring substituents is 1. The van der Waals surface area contributed by atoms with Gasteiger partial charge in [-0.3, -0.25) is 10.1 Å². The number of nitrogens with zero attached hydrogens (tertiary/aromatic N) is 1. The lowest BCUT2D eigenvalue weighted by Gasteiger charge is -2.31. The molecule has 15 heavy (non-hydrogen) atoms.